The fraction of sp³-hybridized carbons (Fsp3) is 0.450. The van der Waals surface area contributed by atoms with Crippen molar-refractivity contribution < 1.29 is 14.3 Å². The summed E-state index contributed by atoms with van der Waals surface area (Å²) in [7, 11) is 2.11. The van der Waals surface area contributed by atoms with Gasteiger partial charge in [-0.3, -0.25) is 9.89 Å². The molecule has 0 amide bonds. The molecule has 2 N–H and O–H groups in total. The minimum atomic E-state index is -0.908. The maximum absolute atomic E-state index is 10.7. The molecule has 0 radical (unpaired) electrons. The number of hydrogen-bond acceptors (Lipinski definition) is 6. The van der Waals surface area contributed by atoms with Crippen LogP contribution < -0.4 is 0 Å². The first-order valence-corrected chi connectivity index (χ1v) is 10.2. The van der Waals surface area contributed by atoms with E-state index in [1.54, 1.807) is 0 Å². The third-order valence-corrected chi connectivity index (χ3v) is 5.35. The number of rotatable bonds is 9. The van der Waals surface area contributed by atoms with Crippen LogP contribution in [0.3, 0.4) is 0 Å². The molecule has 1 atom stereocenters. The van der Waals surface area contributed by atoms with E-state index < -0.39 is 5.97 Å². The van der Waals surface area contributed by atoms with Crippen molar-refractivity contribution in [2.24, 2.45) is 0 Å². The van der Waals surface area contributed by atoms with Crippen molar-refractivity contribution in [3.05, 3.63) is 35.2 Å². The van der Waals surface area contributed by atoms with Crippen LogP contribution in [0.4, 0.5) is 0 Å². The monoisotopic (exact) mass is 404 g/mol. The van der Waals surface area contributed by atoms with Gasteiger partial charge in [0.2, 0.25) is 5.16 Å². The lowest BCUT2D eigenvalue weighted by Gasteiger charge is -2.28. The van der Waals surface area contributed by atoms with Crippen LogP contribution in [-0.2, 0) is 4.79 Å². The van der Waals surface area contributed by atoms with E-state index in [9.17, 15) is 4.79 Å². The first-order valence-electron chi connectivity index (χ1n) is 9.19. The Hall–Kier alpha value is -2.48. The molecule has 28 heavy (non-hydrogen) atoms. The van der Waals surface area contributed by atoms with E-state index in [2.05, 4.69) is 60.9 Å². The van der Waals surface area contributed by atoms with E-state index in [0.717, 1.165) is 29.5 Å². The van der Waals surface area contributed by atoms with Gasteiger partial charge in [0.25, 0.3) is 0 Å². The van der Waals surface area contributed by atoms with Crippen molar-refractivity contribution in [1.82, 2.24) is 20.1 Å². The number of aromatic amines is 1. The molecule has 0 saturated heterocycles. The summed E-state index contributed by atoms with van der Waals surface area (Å²) in [5, 5.41) is 15.9. The summed E-state index contributed by atoms with van der Waals surface area (Å²) in [6.07, 6.45) is 3.21. The molecule has 0 aliphatic carbocycles. The Morgan fingerprint density at radius 1 is 1.39 bits per heavy atom. The highest BCUT2D eigenvalue weighted by molar-refractivity contribution is 7.99. The van der Waals surface area contributed by atoms with Crippen LogP contribution >= 0.6 is 11.8 Å². The van der Waals surface area contributed by atoms with E-state index in [0.29, 0.717) is 22.8 Å². The van der Waals surface area contributed by atoms with E-state index in [4.69, 9.17) is 9.52 Å². The average Bonchev–Trinajstić information content (AvgIpc) is 3.31. The van der Waals surface area contributed by atoms with Gasteiger partial charge in [0.05, 0.1) is 5.75 Å². The highest BCUT2D eigenvalue weighted by Gasteiger charge is 2.14. The highest BCUT2D eigenvalue weighted by Crippen LogP contribution is 2.27. The molecule has 2 heterocycles. The van der Waals surface area contributed by atoms with E-state index in [1.807, 2.05) is 19.1 Å². The second-order valence-corrected chi connectivity index (χ2v) is 7.84. The Kier molecular flexibility index (Phi) is 7.51. The molecule has 0 saturated carbocycles. The number of carboxylic acid groups (broad SMARTS) is 1. The van der Waals surface area contributed by atoms with Gasteiger partial charge >= 0.3 is 5.97 Å². The molecule has 0 aromatic carbocycles. The van der Waals surface area contributed by atoms with Crippen molar-refractivity contribution in [2.45, 2.75) is 52.2 Å². The Balaban J connectivity index is 2.21. The van der Waals surface area contributed by atoms with Gasteiger partial charge in [0.15, 0.2) is 11.6 Å². The number of furan rings is 1. The summed E-state index contributed by atoms with van der Waals surface area (Å²) in [5.41, 5.74) is 3.43. The van der Waals surface area contributed by atoms with Crippen molar-refractivity contribution >= 4 is 23.3 Å². The minimum Gasteiger partial charge on any atom is -0.481 e. The van der Waals surface area contributed by atoms with Gasteiger partial charge in [-0.05, 0) is 57.9 Å². The molecule has 1 unspecified atom stereocenters. The third-order valence-electron chi connectivity index (χ3n) is 4.52. The molecular formula is C20H28N4O3S. The number of H-pyrrole nitrogens is 1. The second-order valence-electron chi connectivity index (χ2n) is 6.89. The predicted molar refractivity (Wildman–Crippen MR) is 112 cm³/mol. The molecule has 2 aromatic rings. The van der Waals surface area contributed by atoms with Gasteiger partial charge in [-0.1, -0.05) is 24.3 Å². The van der Waals surface area contributed by atoms with Crippen LogP contribution in [0.2, 0.25) is 0 Å². The van der Waals surface area contributed by atoms with Crippen molar-refractivity contribution in [1.29, 1.82) is 0 Å². The fourth-order valence-corrected chi connectivity index (χ4v) is 3.13. The maximum Gasteiger partial charge on any atom is 0.313 e. The van der Waals surface area contributed by atoms with Gasteiger partial charge in [0.1, 0.15) is 5.76 Å². The quantitative estimate of drug-likeness (QED) is 0.463. The highest BCUT2D eigenvalue weighted by atomic mass is 32.2. The van der Waals surface area contributed by atoms with Crippen molar-refractivity contribution in [3.8, 4) is 11.6 Å². The van der Waals surface area contributed by atoms with E-state index in [1.165, 1.54) is 11.3 Å². The van der Waals surface area contributed by atoms with Crippen LogP contribution in [0.1, 0.15) is 46.8 Å². The zero-order valence-electron chi connectivity index (χ0n) is 17.2. The SMILES string of the molecule is CCC(C)N(C)C(C=C(C)c1ccc(-c2nc(SCC(=O)O)n[nH]2)o1)=C(C)C. The van der Waals surface area contributed by atoms with Crippen LogP contribution in [0.25, 0.3) is 17.2 Å². The zero-order valence-corrected chi connectivity index (χ0v) is 18.1. The first kappa shape index (κ1) is 21.8. The normalized spacial score (nSPS) is 12.7. The molecule has 0 aliphatic rings. The largest absolute Gasteiger partial charge is 0.481 e. The molecule has 2 rings (SSSR count). The Morgan fingerprint density at radius 3 is 2.71 bits per heavy atom. The van der Waals surface area contributed by atoms with E-state index in [-0.39, 0.29) is 5.75 Å². The number of thioether (sulfide) groups is 1. The molecule has 0 spiro atoms. The maximum atomic E-state index is 10.7. The lowest BCUT2D eigenvalue weighted by atomic mass is 10.1. The van der Waals surface area contributed by atoms with Gasteiger partial charge in [-0.15, -0.1) is 5.10 Å². The predicted octanol–water partition coefficient (Wildman–Crippen LogP) is 4.67. The van der Waals surface area contributed by atoms with Gasteiger partial charge < -0.3 is 14.4 Å². The smallest absolute Gasteiger partial charge is 0.313 e. The number of carboxylic acids is 1. The number of aliphatic carboxylic acids is 1. The number of nitrogens with zero attached hydrogens (tertiary/aromatic N) is 3. The van der Waals surface area contributed by atoms with Crippen LogP contribution in [0.5, 0.6) is 0 Å². The standard InChI is InChI=1S/C20H28N4O3S/c1-7-14(5)24(6)15(12(2)3)10-13(4)16-8-9-17(27-16)19-21-20(23-22-19)28-11-18(25)26/h8-10,14H,7,11H2,1-6H3,(H,25,26)(H,21,22,23). The van der Waals surface area contributed by atoms with Crippen LogP contribution in [-0.4, -0.2) is 50.0 Å². The number of allylic oxidation sites excluding steroid dienone is 3. The second kappa shape index (κ2) is 9.64. The summed E-state index contributed by atoms with van der Waals surface area (Å²) < 4.78 is 5.95. The topological polar surface area (TPSA) is 95.3 Å². The molecule has 8 heteroatoms. The summed E-state index contributed by atoms with van der Waals surface area (Å²) in [4.78, 5) is 17.2. The minimum absolute atomic E-state index is 0.0856. The molecule has 0 fully saturated rings. The summed E-state index contributed by atoms with van der Waals surface area (Å²) in [6.45, 7) is 10.6. The van der Waals surface area contributed by atoms with Crippen LogP contribution in [0.15, 0.2) is 39.1 Å². The molecule has 2 aromatic heterocycles. The zero-order chi connectivity index (χ0) is 20.8. The number of likely N-dealkylation sites (N-methyl/N-ethyl adjacent to an activating group) is 1. The Bertz CT molecular complexity index is 878. The summed E-state index contributed by atoms with van der Waals surface area (Å²) in [6, 6.07) is 4.18. The number of aromatic nitrogens is 3. The lowest BCUT2D eigenvalue weighted by Crippen LogP contribution is -2.27. The summed E-state index contributed by atoms with van der Waals surface area (Å²) in [5.74, 6) is 0.799. The number of nitrogens with one attached hydrogen (secondary N) is 1. The molecule has 0 aliphatic heterocycles. The van der Waals surface area contributed by atoms with Crippen molar-refractivity contribution in [3.63, 3.8) is 0 Å². The molecule has 152 valence electrons. The van der Waals surface area contributed by atoms with Gasteiger partial charge in [0, 0.05) is 18.8 Å². The van der Waals surface area contributed by atoms with Gasteiger partial charge in [-0.2, -0.15) is 4.98 Å². The first-order chi connectivity index (χ1) is 13.2. The van der Waals surface area contributed by atoms with E-state index >= 15 is 0 Å². The van der Waals surface area contributed by atoms with Gasteiger partial charge in [-0.25, -0.2) is 0 Å². The van der Waals surface area contributed by atoms with Crippen molar-refractivity contribution in [2.75, 3.05) is 12.8 Å². The van der Waals surface area contributed by atoms with Crippen LogP contribution in [0, 0.1) is 0 Å². The average molecular weight is 405 g/mol. The molecular weight excluding hydrogens is 376 g/mol. The molecule has 0 bridgehead atoms. The lowest BCUT2D eigenvalue weighted by molar-refractivity contribution is -0.133. The Labute approximate surface area is 169 Å². The Morgan fingerprint density at radius 2 is 2.11 bits per heavy atom. The fourth-order valence-electron chi connectivity index (χ4n) is 2.61. The number of carbonyl (C=O) groups is 1. The summed E-state index contributed by atoms with van der Waals surface area (Å²) >= 11 is 1.06. The third kappa shape index (κ3) is 5.51. The number of hydrogen-bond donors (Lipinski definition) is 2. The molecule has 7 nitrogen and oxygen atoms in total.